The van der Waals surface area contributed by atoms with Gasteiger partial charge >= 0.3 is 0 Å². The Morgan fingerprint density at radius 1 is 0.826 bits per heavy atom. The van der Waals surface area contributed by atoms with Crippen molar-refractivity contribution in [2.75, 3.05) is 14.2 Å². The maximum Gasteiger partial charge on any atom is 0.207 e. The number of methoxy groups -OCH3 is 2. The van der Waals surface area contributed by atoms with Crippen LogP contribution in [0.5, 0.6) is 11.5 Å². The smallest absolute Gasteiger partial charge is 0.207 e. The van der Waals surface area contributed by atoms with E-state index in [2.05, 4.69) is 0 Å². The predicted octanol–water partition coefficient (Wildman–Crippen LogP) is 2.71. The van der Waals surface area contributed by atoms with E-state index in [-0.39, 0.29) is 20.9 Å². The number of carbonyl (C=O) groups excluding carboxylic acids is 1. The van der Waals surface area contributed by atoms with E-state index in [1.54, 1.807) is 30.3 Å². The summed E-state index contributed by atoms with van der Waals surface area (Å²) < 4.78 is 36.2. The van der Waals surface area contributed by atoms with E-state index in [4.69, 9.17) is 9.47 Å². The number of allylic oxidation sites excluding steroid dienone is 1. The summed E-state index contributed by atoms with van der Waals surface area (Å²) in [4.78, 5) is 12.4. The molecule has 0 spiro atoms. The zero-order valence-electron chi connectivity index (χ0n) is 12.6. The average Bonchev–Trinajstić information content (AvgIpc) is 2.94. The molecule has 23 heavy (non-hydrogen) atoms. The molecule has 2 aromatic carbocycles. The van der Waals surface area contributed by atoms with Crippen LogP contribution in [0.1, 0.15) is 15.9 Å². The summed E-state index contributed by atoms with van der Waals surface area (Å²) in [6.07, 6.45) is 1.12. The number of ketones is 1. The van der Waals surface area contributed by atoms with Gasteiger partial charge in [0.2, 0.25) is 9.84 Å². The van der Waals surface area contributed by atoms with E-state index in [1.165, 1.54) is 26.4 Å². The fourth-order valence-electron chi connectivity index (χ4n) is 2.60. The van der Waals surface area contributed by atoms with Gasteiger partial charge in [-0.3, -0.25) is 4.79 Å². The highest BCUT2D eigenvalue weighted by atomic mass is 32.2. The van der Waals surface area contributed by atoms with Crippen molar-refractivity contribution in [3.8, 4) is 11.5 Å². The molecule has 0 atom stereocenters. The molecule has 1 aliphatic carbocycles. The van der Waals surface area contributed by atoms with Gasteiger partial charge in [0.15, 0.2) is 5.78 Å². The SMILES string of the molecule is COc1ccc(OC)c2c1C(=O)C=C2S(=O)(=O)c1ccccc1. The Morgan fingerprint density at radius 2 is 1.39 bits per heavy atom. The van der Waals surface area contributed by atoms with Gasteiger partial charge < -0.3 is 9.47 Å². The number of benzene rings is 2. The van der Waals surface area contributed by atoms with E-state index in [0.29, 0.717) is 11.5 Å². The summed E-state index contributed by atoms with van der Waals surface area (Å²) >= 11 is 0. The fourth-order valence-corrected chi connectivity index (χ4v) is 4.10. The lowest BCUT2D eigenvalue weighted by atomic mass is 10.1. The highest BCUT2D eigenvalue weighted by molar-refractivity contribution is 8.00. The van der Waals surface area contributed by atoms with Crippen LogP contribution in [0, 0.1) is 0 Å². The average molecular weight is 330 g/mol. The van der Waals surface area contributed by atoms with Crippen LogP contribution >= 0.6 is 0 Å². The fraction of sp³-hybridized carbons (Fsp3) is 0.118. The lowest BCUT2D eigenvalue weighted by Gasteiger charge is -2.13. The van der Waals surface area contributed by atoms with Crippen LogP contribution in [0.3, 0.4) is 0 Å². The van der Waals surface area contributed by atoms with Crippen molar-refractivity contribution in [2.45, 2.75) is 4.90 Å². The molecule has 0 saturated carbocycles. The minimum Gasteiger partial charge on any atom is -0.496 e. The number of rotatable bonds is 4. The molecule has 0 radical (unpaired) electrons. The standard InChI is InChI=1S/C17H14O5S/c1-21-13-8-9-14(22-2)17-15(10-12(18)16(13)17)23(19,20)11-6-4-3-5-7-11/h3-10H,1-2H3. The lowest BCUT2D eigenvalue weighted by Crippen LogP contribution is -2.05. The van der Waals surface area contributed by atoms with Crippen LogP contribution in [0.2, 0.25) is 0 Å². The summed E-state index contributed by atoms with van der Waals surface area (Å²) in [7, 11) is -0.980. The third-order valence-electron chi connectivity index (χ3n) is 3.67. The first-order chi connectivity index (χ1) is 11.0. The highest BCUT2D eigenvalue weighted by Crippen LogP contribution is 2.44. The third-order valence-corrected chi connectivity index (χ3v) is 5.46. The molecule has 3 rings (SSSR count). The lowest BCUT2D eigenvalue weighted by molar-refractivity contribution is 0.104. The molecular weight excluding hydrogens is 316 g/mol. The number of fused-ring (bicyclic) bond motifs is 1. The zero-order valence-corrected chi connectivity index (χ0v) is 13.4. The molecule has 0 bridgehead atoms. The summed E-state index contributed by atoms with van der Waals surface area (Å²) in [6, 6.07) is 11.1. The Morgan fingerprint density at radius 3 is 1.96 bits per heavy atom. The van der Waals surface area contributed by atoms with Crippen molar-refractivity contribution in [1.82, 2.24) is 0 Å². The Labute approximate surface area is 134 Å². The second-order valence-corrected chi connectivity index (χ2v) is 6.83. The topological polar surface area (TPSA) is 69.7 Å². The van der Waals surface area contributed by atoms with E-state index in [9.17, 15) is 13.2 Å². The molecule has 0 N–H and O–H groups in total. The second-order valence-electron chi connectivity index (χ2n) is 4.91. The normalized spacial score (nSPS) is 13.5. The van der Waals surface area contributed by atoms with Gasteiger partial charge in [-0.05, 0) is 24.3 Å². The largest absolute Gasteiger partial charge is 0.496 e. The molecule has 0 amide bonds. The molecule has 5 nitrogen and oxygen atoms in total. The molecular formula is C17H14O5S. The minimum atomic E-state index is -3.84. The molecule has 0 fully saturated rings. The molecule has 6 heteroatoms. The number of sulfone groups is 1. The Hall–Kier alpha value is -2.60. The van der Waals surface area contributed by atoms with E-state index < -0.39 is 15.6 Å². The molecule has 2 aromatic rings. The predicted molar refractivity (Wildman–Crippen MR) is 85.5 cm³/mol. The maximum absolute atomic E-state index is 12.9. The van der Waals surface area contributed by atoms with Crippen LogP contribution in [0.15, 0.2) is 53.4 Å². The molecule has 118 valence electrons. The third kappa shape index (κ3) is 2.31. The van der Waals surface area contributed by atoms with Gasteiger partial charge in [0, 0.05) is 6.08 Å². The molecule has 0 heterocycles. The highest BCUT2D eigenvalue weighted by Gasteiger charge is 2.36. The monoisotopic (exact) mass is 330 g/mol. The van der Waals surface area contributed by atoms with Crippen LogP contribution in [-0.4, -0.2) is 28.4 Å². The van der Waals surface area contributed by atoms with Crippen LogP contribution < -0.4 is 9.47 Å². The van der Waals surface area contributed by atoms with Crippen LogP contribution in [-0.2, 0) is 9.84 Å². The molecule has 0 aromatic heterocycles. The van der Waals surface area contributed by atoms with Crippen molar-refractivity contribution >= 4 is 20.5 Å². The van der Waals surface area contributed by atoms with Crippen molar-refractivity contribution in [2.24, 2.45) is 0 Å². The van der Waals surface area contributed by atoms with Gasteiger partial charge in [-0.1, -0.05) is 18.2 Å². The summed E-state index contributed by atoms with van der Waals surface area (Å²) in [5.41, 5.74) is 0.460. The number of hydrogen-bond donors (Lipinski definition) is 0. The Bertz CT molecular complexity index is 911. The first kappa shape index (κ1) is 15.3. The Kier molecular flexibility index (Phi) is 3.69. The first-order valence-corrected chi connectivity index (χ1v) is 8.30. The first-order valence-electron chi connectivity index (χ1n) is 6.82. The number of ether oxygens (including phenoxy) is 2. The number of carbonyl (C=O) groups is 1. The summed E-state index contributed by atoms with van der Waals surface area (Å²) in [6.45, 7) is 0. The Balaban J connectivity index is 2.27. The van der Waals surface area contributed by atoms with Crippen LogP contribution in [0.25, 0.3) is 4.91 Å². The minimum absolute atomic E-state index is 0.0700. The van der Waals surface area contributed by atoms with Gasteiger partial charge in [0.25, 0.3) is 0 Å². The van der Waals surface area contributed by atoms with Gasteiger partial charge in [-0.15, -0.1) is 0 Å². The number of hydrogen-bond acceptors (Lipinski definition) is 5. The zero-order chi connectivity index (χ0) is 16.6. The van der Waals surface area contributed by atoms with Crippen molar-refractivity contribution in [3.63, 3.8) is 0 Å². The quantitative estimate of drug-likeness (QED) is 0.862. The summed E-state index contributed by atoms with van der Waals surface area (Å²) in [5, 5.41) is 0. The second kappa shape index (κ2) is 5.55. The molecule has 0 aliphatic heterocycles. The maximum atomic E-state index is 12.9. The van der Waals surface area contributed by atoms with E-state index in [0.717, 1.165) is 6.08 Å². The van der Waals surface area contributed by atoms with Crippen LogP contribution in [0.4, 0.5) is 0 Å². The summed E-state index contributed by atoms with van der Waals surface area (Å²) in [5.74, 6) is 0.225. The molecule has 0 saturated heterocycles. The van der Waals surface area contributed by atoms with Gasteiger partial charge in [-0.2, -0.15) is 0 Å². The van der Waals surface area contributed by atoms with E-state index in [1.807, 2.05) is 0 Å². The molecule has 0 unspecified atom stereocenters. The van der Waals surface area contributed by atoms with Gasteiger partial charge in [-0.25, -0.2) is 8.42 Å². The van der Waals surface area contributed by atoms with Crippen molar-refractivity contribution in [1.29, 1.82) is 0 Å². The van der Waals surface area contributed by atoms with Crippen molar-refractivity contribution in [3.05, 3.63) is 59.7 Å². The molecule has 1 aliphatic rings. The van der Waals surface area contributed by atoms with Gasteiger partial charge in [0.1, 0.15) is 11.5 Å². The van der Waals surface area contributed by atoms with Crippen molar-refractivity contribution < 1.29 is 22.7 Å². The van der Waals surface area contributed by atoms with E-state index >= 15 is 0 Å². The van der Waals surface area contributed by atoms with Gasteiger partial charge in [0.05, 0.1) is 35.1 Å².